The summed E-state index contributed by atoms with van der Waals surface area (Å²) in [7, 11) is 0. The van der Waals surface area contributed by atoms with Gasteiger partial charge in [0.2, 0.25) is 0 Å². The first-order valence-electron chi connectivity index (χ1n) is 4.63. The van der Waals surface area contributed by atoms with Gasteiger partial charge in [0.05, 0.1) is 12.5 Å². The average molecular weight is 208 g/mol. The van der Waals surface area contributed by atoms with E-state index in [0.29, 0.717) is 12.3 Å². The highest BCUT2D eigenvalue weighted by Crippen LogP contribution is 2.23. The van der Waals surface area contributed by atoms with Crippen LogP contribution < -0.4 is 0 Å². The molecule has 0 spiro atoms. The summed E-state index contributed by atoms with van der Waals surface area (Å²) in [5.41, 5.74) is 5.89. The van der Waals surface area contributed by atoms with Crippen molar-refractivity contribution in [2.75, 3.05) is 0 Å². The van der Waals surface area contributed by atoms with Crippen molar-refractivity contribution in [3.63, 3.8) is 0 Å². The minimum atomic E-state index is 0.474. The minimum absolute atomic E-state index is 0.474. The second-order valence-corrected chi connectivity index (χ2v) is 3.83. The molecule has 0 radical (unpaired) electrons. The van der Waals surface area contributed by atoms with E-state index in [4.69, 9.17) is 16.9 Å². The first-order chi connectivity index (χ1) is 6.61. The molecular weight excluding hydrogens is 194 g/mol. The Balaban J connectivity index is 3.37. The number of halogens is 1. The van der Waals surface area contributed by atoms with Gasteiger partial charge in [0.15, 0.2) is 0 Å². The molecule has 0 amide bonds. The Kier molecular flexibility index (Phi) is 3.55. The molecule has 0 heterocycles. The van der Waals surface area contributed by atoms with E-state index in [-0.39, 0.29) is 0 Å². The normalized spacial score (nSPS) is 9.93. The molecule has 0 saturated heterocycles. The van der Waals surface area contributed by atoms with Gasteiger partial charge in [-0.15, -0.1) is 11.6 Å². The lowest BCUT2D eigenvalue weighted by Crippen LogP contribution is -1.99. The van der Waals surface area contributed by atoms with Gasteiger partial charge in [-0.1, -0.05) is 6.07 Å². The Bertz CT molecular complexity index is 388. The second-order valence-electron chi connectivity index (χ2n) is 3.56. The number of nitrogens with zero attached hydrogens (tertiary/aromatic N) is 1. The molecule has 0 aliphatic carbocycles. The summed E-state index contributed by atoms with van der Waals surface area (Å²) in [6.07, 6.45) is 0.474. The van der Waals surface area contributed by atoms with Crippen molar-refractivity contribution in [2.45, 2.75) is 33.1 Å². The molecule has 0 atom stereocenters. The third-order valence-corrected chi connectivity index (χ3v) is 2.95. The van der Waals surface area contributed by atoms with E-state index < -0.39 is 0 Å². The average Bonchev–Trinajstić information content (AvgIpc) is 2.12. The summed E-state index contributed by atoms with van der Waals surface area (Å²) in [6, 6.07) is 4.30. The molecular formula is C12H14ClN. The molecule has 1 rings (SSSR count). The van der Waals surface area contributed by atoms with Crippen molar-refractivity contribution in [3.8, 4) is 6.07 Å². The van der Waals surface area contributed by atoms with Crippen LogP contribution in [0.3, 0.4) is 0 Å². The molecule has 0 fully saturated rings. The first-order valence-corrected chi connectivity index (χ1v) is 5.16. The smallest absolute Gasteiger partial charge is 0.0669 e. The van der Waals surface area contributed by atoms with Crippen LogP contribution in [0, 0.1) is 32.1 Å². The van der Waals surface area contributed by atoms with Gasteiger partial charge in [-0.25, -0.2) is 0 Å². The van der Waals surface area contributed by atoms with Crippen LogP contribution in [-0.4, -0.2) is 0 Å². The molecule has 0 aliphatic heterocycles. The Hall–Kier alpha value is -1.00. The zero-order chi connectivity index (χ0) is 10.7. The van der Waals surface area contributed by atoms with Crippen molar-refractivity contribution in [3.05, 3.63) is 33.9 Å². The maximum absolute atomic E-state index is 8.72. The van der Waals surface area contributed by atoms with Crippen LogP contribution in [0.2, 0.25) is 0 Å². The Morgan fingerprint density at radius 3 is 2.29 bits per heavy atom. The monoisotopic (exact) mass is 207 g/mol. The lowest BCUT2D eigenvalue weighted by Gasteiger charge is -2.13. The van der Waals surface area contributed by atoms with Crippen molar-refractivity contribution in [2.24, 2.45) is 0 Å². The third kappa shape index (κ3) is 1.91. The maximum Gasteiger partial charge on any atom is 0.0669 e. The van der Waals surface area contributed by atoms with Crippen LogP contribution in [0.25, 0.3) is 0 Å². The Morgan fingerprint density at radius 2 is 1.79 bits per heavy atom. The maximum atomic E-state index is 8.72. The number of benzene rings is 1. The van der Waals surface area contributed by atoms with Gasteiger partial charge in [0, 0.05) is 5.88 Å². The highest BCUT2D eigenvalue weighted by molar-refractivity contribution is 6.17. The fourth-order valence-electron chi connectivity index (χ4n) is 1.83. The zero-order valence-electron chi connectivity index (χ0n) is 8.82. The SMILES string of the molecule is Cc1cc(C)c(CC#N)c(C)c1CCl. The molecule has 0 N–H and O–H groups in total. The Morgan fingerprint density at radius 1 is 1.21 bits per heavy atom. The number of nitriles is 1. The number of hydrogen-bond donors (Lipinski definition) is 0. The first kappa shape index (κ1) is 11.1. The number of alkyl halides is 1. The summed E-state index contributed by atoms with van der Waals surface area (Å²) in [6.45, 7) is 6.16. The molecule has 74 valence electrons. The van der Waals surface area contributed by atoms with E-state index in [2.05, 4.69) is 19.1 Å². The van der Waals surface area contributed by atoms with Gasteiger partial charge in [0.1, 0.15) is 0 Å². The van der Waals surface area contributed by atoms with Crippen LogP contribution in [0.15, 0.2) is 6.07 Å². The van der Waals surface area contributed by atoms with Crippen molar-refractivity contribution in [1.82, 2.24) is 0 Å². The van der Waals surface area contributed by atoms with E-state index in [1.54, 1.807) is 0 Å². The third-order valence-electron chi connectivity index (χ3n) is 2.68. The highest BCUT2D eigenvalue weighted by Gasteiger charge is 2.09. The van der Waals surface area contributed by atoms with Crippen molar-refractivity contribution >= 4 is 11.6 Å². The van der Waals surface area contributed by atoms with Crippen LogP contribution in [0.1, 0.15) is 27.8 Å². The predicted octanol–water partition coefficient (Wildman–Crippen LogP) is 3.42. The largest absolute Gasteiger partial charge is 0.198 e. The van der Waals surface area contributed by atoms with Gasteiger partial charge in [0.25, 0.3) is 0 Å². The molecule has 0 saturated carbocycles. The molecule has 1 nitrogen and oxygen atoms in total. The van der Waals surface area contributed by atoms with Crippen LogP contribution in [-0.2, 0) is 12.3 Å². The molecule has 14 heavy (non-hydrogen) atoms. The number of aryl methyl sites for hydroxylation is 2. The fraction of sp³-hybridized carbons (Fsp3) is 0.417. The number of rotatable bonds is 2. The van der Waals surface area contributed by atoms with Gasteiger partial charge in [-0.3, -0.25) is 0 Å². The predicted molar refractivity (Wildman–Crippen MR) is 59.5 cm³/mol. The van der Waals surface area contributed by atoms with E-state index in [1.165, 1.54) is 22.3 Å². The summed E-state index contributed by atoms with van der Waals surface area (Å²) in [4.78, 5) is 0. The van der Waals surface area contributed by atoms with Crippen molar-refractivity contribution in [1.29, 1.82) is 5.26 Å². The molecule has 0 unspecified atom stereocenters. The van der Waals surface area contributed by atoms with Crippen LogP contribution >= 0.6 is 11.6 Å². The molecule has 0 aromatic heterocycles. The van der Waals surface area contributed by atoms with Gasteiger partial charge in [-0.05, 0) is 48.6 Å². The van der Waals surface area contributed by atoms with Crippen LogP contribution in [0.4, 0.5) is 0 Å². The number of hydrogen-bond acceptors (Lipinski definition) is 1. The van der Waals surface area contributed by atoms with E-state index in [1.807, 2.05) is 13.8 Å². The quantitative estimate of drug-likeness (QED) is 0.682. The van der Waals surface area contributed by atoms with Crippen LogP contribution in [0.5, 0.6) is 0 Å². The van der Waals surface area contributed by atoms with Gasteiger partial charge < -0.3 is 0 Å². The standard InChI is InChI=1S/C12H14ClN/c1-8-6-9(2)12(7-13)10(3)11(8)4-5-14/h6H,4,7H2,1-3H3. The van der Waals surface area contributed by atoms with Gasteiger partial charge >= 0.3 is 0 Å². The zero-order valence-corrected chi connectivity index (χ0v) is 9.57. The van der Waals surface area contributed by atoms with Gasteiger partial charge in [-0.2, -0.15) is 5.26 Å². The minimum Gasteiger partial charge on any atom is -0.198 e. The molecule has 1 aromatic carbocycles. The van der Waals surface area contributed by atoms with E-state index in [9.17, 15) is 0 Å². The fourth-order valence-corrected chi connectivity index (χ4v) is 2.24. The topological polar surface area (TPSA) is 23.8 Å². The van der Waals surface area contributed by atoms with E-state index >= 15 is 0 Å². The summed E-state index contributed by atoms with van der Waals surface area (Å²) in [5, 5.41) is 8.72. The highest BCUT2D eigenvalue weighted by atomic mass is 35.5. The molecule has 0 bridgehead atoms. The second kappa shape index (κ2) is 4.48. The Labute approximate surface area is 90.3 Å². The molecule has 2 heteroatoms. The van der Waals surface area contributed by atoms with Crippen molar-refractivity contribution < 1.29 is 0 Å². The summed E-state index contributed by atoms with van der Waals surface area (Å²) < 4.78 is 0. The molecule has 1 aromatic rings. The summed E-state index contributed by atoms with van der Waals surface area (Å²) >= 11 is 5.88. The molecule has 0 aliphatic rings. The van der Waals surface area contributed by atoms with E-state index in [0.717, 1.165) is 5.56 Å². The lowest BCUT2D eigenvalue weighted by molar-refractivity contribution is 1.11. The summed E-state index contributed by atoms with van der Waals surface area (Å²) in [5.74, 6) is 0.524. The lowest BCUT2D eigenvalue weighted by atomic mass is 9.93.